The Hall–Kier alpha value is -2.65. The number of nitrogens with two attached hydrogens (primary N) is 1. The standard InChI is InChI=1S/C20H27N3O6/c21-7-2-1-6-15-19(26)23-16(18(25)22-15)11-14(20(27)28)17(23)12-4-3-5-13(10-12)29-9-8-24/h3-5,10,14-17,24H,1-2,6-9,11,21H2,(H,22,25)(H,27,28)/t14-,15-,16-,17-/m0/s1. The lowest BCUT2D eigenvalue weighted by Gasteiger charge is -2.38. The van der Waals surface area contributed by atoms with E-state index in [1.54, 1.807) is 24.3 Å². The number of piperazine rings is 1. The molecule has 0 spiro atoms. The molecule has 2 aliphatic heterocycles. The number of unbranched alkanes of at least 4 members (excludes halogenated alkanes) is 1. The van der Waals surface area contributed by atoms with E-state index in [0.717, 1.165) is 6.42 Å². The number of hydrogen-bond acceptors (Lipinski definition) is 6. The van der Waals surface area contributed by atoms with Crippen LogP contribution in [0.5, 0.6) is 5.75 Å². The number of carboxylic acids is 1. The largest absolute Gasteiger partial charge is 0.491 e. The van der Waals surface area contributed by atoms with E-state index in [2.05, 4.69) is 5.32 Å². The van der Waals surface area contributed by atoms with Gasteiger partial charge in [0.05, 0.1) is 18.6 Å². The number of aliphatic hydroxyl groups is 1. The van der Waals surface area contributed by atoms with E-state index in [1.165, 1.54) is 4.90 Å². The number of ether oxygens (including phenoxy) is 1. The first-order valence-corrected chi connectivity index (χ1v) is 9.87. The number of carboxylic acid groups (broad SMARTS) is 1. The summed E-state index contributed by atoms with van der Waals surface area (Å²) in [6.45, 7) is 0.460. The number of fused-ring (bicyclic) bond motifs is 1. The van der Waals surface area contributed by atoms with Gasteiger partial charge in [0.15, 0.2) is 0 Å². The number of benzene rings is 1. The third-order valence-electron chi connectivity index (χ3n) is 5.49. The molecule has 9 heteroatoms. The molecule has 29 heavy (non-hydrogen) atoms. The second-order valence-electron chi connectivity index (χ2n) is 7.38. The third kappa shape index (κ3) is 4.35. The second kappa shape index (κ2) is 9.23. The van der Waals surface area contributed by atoms with E-state index in [4.69, 9.17) is 15.6 Å². The summed E-state index contributed by atoms with van der Waals surface area (Å²) in [6, 6.07) is 4.57. The van der Waals surface area contributed by atoms with Crippen LogP contribution in [0.15, 0.2) is 24.3 Å². The number of carbonyl (C=O) groups is 3. The number of aliphatic hydroxyl groups excluding tert-OH is 1. The van der Waals surface area contributed by atoms with Crippen LogP contribution in [-0.4, -0.2) is 64.7 Å². The summed E-state index contributed by atoms with van der Waals surface area (Å²) >= 11 is 0. The summed E-state index contributed by atoms with van der Waals surface area (Å²) < 4.78 is 5.43. The molecule has 0 bridgehead atoms. The summed E-state index contributed by atoms with van der Waals surface area (Å²) in [5, 5.41) is 21.5. The maximum Gasteiger partial charge on any atom is 0.309 e. The molecular weight excluding hydrogens is 378 g/mol. The van der Waals surface area contributed by atoms with Crippen LogP contribution in [0.3, 0.4) is 0 Å². The summed E-state index contributed by atoms with van der Waals surface area (Å²) in [6.07, 6.45) is 1.97. The van der Waals surface area contributed by atoms with Gasteiger partial charge in [0, 0.05) is 0 Å². The van der Waals surface area contributed by atoms with Crippen LogP contribution >= 0.6 is 0 Å². The van der Waals surface area contributed by atoms with Crippen LogP contribution in [0.2, 0.25) is 0 Å². The molecule has 1 aromatic rings. The summed E-state index contributed by atoms with van der Waals surface area (Å²) in [7, 11) is 0. The van der Waals surface area contributed by atoms with Crippen LogP contribution < -0.4 is 15.8 Å². The van der Waals surface area contributed by atoms with E-state index >= 15 is 0 Å². The van der Waals surface area contributed by atoms with E-state index in [-0.39, 0.29) is 31.4 Å². The first-order valence-electron chi connectivity index (χ1n) is 9.87. The molecular formula is C20H27N3O6. The average Bonchev–Trinajstić information content (AvgIpc) is 3.12. The van der Waals surface area contributed by atoms with Gasteiger partial charge in [0.1, 0.15) is 24.4 Å². The first kappa shape index (κ1) is 21.1. The van der Waals surface area contributed by atoms with E-state index in [0.29, 0.717) is 30.7 Å². The smallest absolute Gasteiger partial charge is 0.309 e. The summed E-state index contributed by atoms with van der Waals surface area (Å²) in [5.74, 6) is -2.06. The normalized spacial score (nSPS) is 26.2. The number of aliphatic carboxylic acids is 1. The van der Waals surface area contributed by atoms with Gasteiger partial charge in [-0.1, -0.05) is 12.1 Å². The van der Waals surface area contributed by atoms with E-state index < -0.39 is 30.0 Å². The lowest BCUT2D eigenvalue weighted by molar-refractivity contribution is -0.150. The molecule has 4 atom stereocenters. The predicted molar refractivity (Wildman–Crippen MR) is 103 cm³/mol. The lowest BCUT2D eigenvalue weighted by Crippen LogP contribution is -2.61. The SMILES string of the molecule is NCCCC[C@@H]1NC(=O)[C@@H]2C[C@H](C(=O)O)[C@H](c3cccc(OCCO)c3)N2C1=O. The molecule has 0 aliphatic carbocycles. The number of rotatable bonds is 9. The lowest BCUT2D eigenvalue weighted by atomic mass is 9.93. The number of nitrogens with zero attached hydrogens (tertiary/aromatic N) is 1. The van der Waals surface area contributed by atoms with Gasteiger partial charge in [-0.05, 0) is 49.9 Å². The summed E-state index contributed by atoms with van der Waals surface area (Å²) in [4.78, 5) is 39.2. The molecule has 9 nitrogen and oxygen atoms in total. The van der Waals surface area contributed by atoms with Gasteiger partial charge in [-0.15, -0.1) is 0 Å². The third-order valence-corrected chi connectivity index (χ3v) is 5.49. The number of amides is 2. The van der Waals surface area contributed by atoms with Crippen molar-refractivity contribution in [3.8, 4) is 5.75 Å². The quantitative estimate of drug-likeness (QED) is 0.425. The van der Waals surface area contributed by atoms with Gasteiger partial charge in [-0.2, -0.15) is 0 Å². The Bertz CT molecular complexity index is 770. The Labute approximate surface area is 168 Å². The Morgan fingerprint density at radius 2 is 2.10 bits per heavy atom. The van der Waals surface area contributed by atoms with Crippen molar-refractivity contribution in [3.63, 3.8) is 0 Å². The molecule has 158 valence electrons. The van der Waals surface area contributed by atoms with Crippen LogP contribution in [0.25, 0.3) is 0 Å². The Morgan fingerprint density at radius 1 is 1.31 bits per heavy atom. The minimum Gasteiger partial charge on any atom is -0.491 e. The molecule has 0 aromatic heterocycles. The van der Waals surface area contributed by atoms with Crippen LogP contribution in [0, 0.1) is 5.92 Å². The zero-order chi connectivity index (χ0) is 21.0. The number of hydrogen-bond donors (Lipinski definition) is 4. The molecule has 2 saturated heterocycles. The van der Waals surface area contributed by atoms with Crippen molar-refractivity contribution in [2.45, 2.75) is 43.8 Å². The highest BCUT2D eigenvalue weighted by Gasteiger charge is 2.54. The van der Waals surface area contributed by atoms with E-state index in [9.17, 15) is 19.5 Å². The highest BCUT2D eigenvalue weighted by molar-refractivity contribution is 5.98. The van der Waals surface area contributed by atoms with Crippen molar-refractivity contribution in [1.82, 2.24) is 10.2 Å². The molecule has 2 heterocycles. The monoisotopic (exact) mass is 405 g/mol. The highest BCUT2D eigenvalue weighted by atomic mass is 16.5. The molecule has 0 saturated carbocycles. The highest BCUT2D eigenvalue weighted by Crippen LogP contribution is 2.44. The van der Waals surface area contributed by atoms with Crippen molar-refractivity contribution in [3.05, 3.63) is 29.8 Å². The van der Waals surface area contributed by atoms with Crippen LogP contribution in [-0.2, 0) is 14.4 Å². The first-order chi connectivity index (χ1) is 14.0. The molecule has 5 N–H and O–H groups in total. The Balaban J connectivity index is 1.92. The minimum absolute atomic E-state index is 0.0643. The van der Waals surface area contributed by atoms with E-state index in [1.807, 2.05) is 0 Å². The molecule has 1 aromatic carbocycles. The molecule has 0 radical (unpaired) electrons. The van der Waals surface area contributed by atoms with Gasteiger partial charge in [0.2, 0.25) is 11.8 Å². The maximum atomic E-state index is 13.2. The molecule has 2 amide bonds. The van der Waals surface area contributed by atoms with Crippen LogP contribution in [0.1, 0.15) is 37.3 Å². The molecule has 0 unspecified atom stereocenters. The van der Waals surface area contributed by atoms with Gasteiger partial charge >= 0.3 is 5.97 Å². The predicted octanol–water partition coefficient (Wildman–Crippen LogP) is 0.0279. The van der Waals surface area contributed by atoms with Gasteiger partial charge in [-0.3, -0.25) is 14.4 Å². The number of carbonyl (C=O) groups excluding carboxylic acids is 2. The van der Waals surface area contributed by atoms with Gasteiger partial charge < -0.3 is 30.9 Å². The van der Waals surface area contributed by atoms with Gasteiger partial charge in [-0.25, -0.2) is 0 Å². The van der Waals surface area contributed by atoms with Crippen molar-refractivity contribution in [2.24, 2.45) is 11.7 Å². The fourth-order valence-electron chi connectivity index (χ4n) is 4.17. The topological polar surface area (TPSA) is 142 Å². The summed E-state index contributed by atoms with van der Waals surface area (Å²) in [5.41, 5.74) is 6.11. The van der Waals surface area contributed by atoms with Crippen molar-refractivity contribution in [1.29, 1.82) is 0 Å². The van der Waals surface area contributed by atoms with Crippen molar-refractivity contribution >= 4 is 17.8 Å². The Morgan fingerprint density at radius 3 is 2.79 bits per heavy atom. The fourth-order valence-corrected chi connectivity index (χ4v) is 4.17. The zero-order valence-corrected chi connectivity index (χ0v) is 16.1. The minimum atomic E-state index is -1.05. The number of nitrogens with one attached hydrogen (secondary N) is 1. The Kier molecular flexibility index (Phi) is 6.71. The zero-order valence-electron chi connectivity index (χ0n) is 16.1. The fraction of sp³-hybridized carbons (Fsp3) is 0.550. The average molecular weight is 405 g/mol. The van der Waals surface area contributed by atoms with Crippen molar-refractivity contribution < 1.29 is 29.3 Å². The van der Waals surface area contributed by atoms with Crippen LogP contribution in [0.4, 0.5) is 0 Å². The van der Waals surface area contributed by atoms with Gasteiger partial charge in [0.25, 0.3) is 0 Å². The van der Waals surface area contributed by atoms with Crippen molar-refractivity contribution in [2.75, 3.05) is 19.8 Å². The maximum absolute atomic E-state index is 13.2. The molecule has 3 rings (SSSR count). The molecule has 2 fully saturated rings. The second-order valence-corrected chi connectivity index (χ2v) is 7.38. The molecule has 2 aliphatic rings.